The minimum atomic E-state index is -2.66. The molecule has 1 unspecified atom stereocenters. The highest BCUT2D eigenvalue weighted by Crippen LogP contribution is 2.19. The van der Waals surface area contributed by atoms with Crippen LogP contribution in [-0.2, 0) is 9.09 Å². The van der Waals surface area contributed by atoms with Gasteiger partial charge in [0.25, 0.3) is 0 Å². The van der Waals surface area contributed by atoms with Crippen molar-refractivity contribution in [3.8, 4) is 0 Å². The van der Waals surface area contributed by atoms with Gasteiger partial charge in [-0.25, -0.2) is 0 Å². The summed E-state index contributed by atoms with van der Waals surface area (Å²) in [5.41, 5.74) is 0. The van der Waals surface area contributed by atoms with Crippen molar-refractivity contribution >= 4 is 8.25 Å². The first-order chi connectivity index (χ1) is 5.16. The van der Waals surface area contributed by atoms with Gasteiger partial charge in [0.2, 0.25) is 6.29 Å². The molecule has 0 aromatic heterocycles. The summed E-state index contributed by atoms with van der Waals surface area (Å²) in [4.78, 5) is 8.21. The van der Waals surface area contributed by atoms with E-state index in [1.54, 1.807) is 0 Å². The van der Waals surface area contributed by atoms with Crippen LogP contribution in [0.5, 0.6) is 0 Å². The van der Waals surface area contributed by atoms with E-state index in [1.807, 2.05) is 6.92 Å². The largest absolute Gasteiger partial charge is 0.697 e. The SMILES string of the molecule is CCCCC[C@@H](O)O[P+](=O)O. The Bertz CT molecular complexity index is 117. The Balaban J connectivity index is 3.22. The van der Waals surface area contributed by atoms with Gasteiger partial charge in [-0.05, 0) is 6.42 Å². The summed E-state index contributed by atoms with van der Waals surface area (Å²) in [7, 11) is -2.66. The third kappa shape index (κ3) is 7.88. The monoisotopic (exact) mass is 181 g/mol. The summed E-state index contributed by atoms with van der Waals surface area (Å²) in [5.74, 6) is 0. The maximum Gasteiger partial charge on any atom is 0.697 e. The van der Waals surface area contributed by atoms with E-state index in [-0.39, 0.29) is 0 Å². The lowest BCUT2D eigenvalue weighted by atomic mass is 10.2. The first-order valence-corrected chi connectivity index (χ1v) is 4.80. The fourth-order valence-electron chi connectivity index (χ4n) is 0.726. The van der Waals surface area contributed by atoms with E-state index in [9.17, 15) is 4.57 Å². The zero-order valence-electron chi connectivity index (χ0n) is 6.56. The van der Waals surface area contributed by atoms with Crippen molar-refractivity contribution in [2.45, 2.75) is 38.9 Å². The quantitative estimate of drug-likeness (QED) is 0.370. The van der Waals surface area contributed by atoms with Crippen LogP contribution in [-0.4, -0.2) is 16.3 Å². The molecule has 0 amide bonds. The number of rotatable bonds is 6. The molecule has 2 N–H and O–H groups in total. The summed E-state index contributed by atoms with van der Waals surface area (Å²) in [6.45, 7) is 2.04. The Kier molecular flexibility index (Phi) is 6.66. The summed E-state index contributed by atoms with van der Waals surface area (Å²) < 4.78 is 14.2. The van der Waals surface area contributed by atoms with Gasteiger partial charge in [0, 0.05) is 11.0 Å². The van der Waals surface area contributed by atoms with E-state index >= 15 is 0 Å². The van der Waals surface area contributed by atoms with E-state index in [0.717, 1.165) is 19.3 Å². The van der Waals surface area contributed by atoms with Crippen molar-refractivity contribution < 1.29 is 19.1 Å². The van der Waals surface area contributed by atoms with Gasteiger partial charge in [-0.15, -0.1) is 4.89 Å². The van der Waals surface area contributed by atoms with Gasteiger partial charge in [0.05, 0.1) is 0 Å². The van der Waals surface area contributed by atoms with Crippen molar-refractivity contribution in [3.63, 3.8) is 0 Å². The molecule has 0 saturated heterocycles. The highest BCUT2D eigenvalue weighted by Gasteiger charge is 2.19. The average molecular weight is 181 g/mol. The maximum atomic E-state index is 10.0. The molecule has 0 aliphatic heterocycles. The molecular formula is C6H14O4P+. The summed E-state index contributed by atoms with van der Waals surface area (Å²) in [6, 6.07) is 0. The van der Waals surface area contributed by atoms with Crippen molar-refractivity contribution in [1.82, 2.24) is 0 Å². The Labute approximate surface area is 67.1 Å². The molecule has 11 heavy (non-hydrogen) atoms. The maximum absolute atomic E-state index is 10.0. The third-order valence-corrected chi connectivity index (χ3v) is 1.69. The van der Waals surface area contributed by atoms with Crippen LogP contribution in [0.4, 0.5) is 0 Å². The zero-order valence-corrected chi connectivity index (χ0v) is 7.46. The van der Waals surface area contributed by atoms with Gasteiger partial charge in [-0.3, -0.25) is 0 Å². The predicted molar refractivity (Wildman–Crippen MR) is 41.1 cm³/mol. The van der Waals surface area contributed by atoms with E-state index < -0.39 is 14.5 Å². The second kappa shape index (κ2) is 6.68. The molecule has 0 bridgehead atoms. The molecule has 2 atom stereocenters. The summed E-state index contributed by atoms with van der Waals surface area (Å²) in [5, 5.41) is 8.88. The predicted octanol–water partition coefficient (Wildman–Crippen LogP) is 1.55. The Morgan fingerprint density at radius 3 is 2.64 bits per heavy atom. The molecule has 0 aromatic carbocycles. The second-order valence-electron chi connectivity index (χ2n) is 2.29. The molecule has 4 nitrogen and oxygen atoms in total. The van der Waals surface area contributed by atoms with Crippen LogP contribution in [0.25, 0.3) is 0 Å². The fraction of sp³-hybridized carbons (Fsp3) is 1.00. The van der Waals surface area contributed by atoms with Crippen LogP contribution in [0.2, 0.25) is 0 Å². The molecule has 0 spiro atoms. The fourth-order valence-corrected chi connectivity index (χ4v) is 1.04. The van der Waals surface area contributed by atoms with Crippen molar-refractivity contribution in [3.05, 3.63) is 0 Å². The standard InChI is InChI=1S/C6H13O4P/c1-2-3-4-5-6(7)10-11(8)9/h6-7H,2-5H2,1H3/p+1/t6-/m0/s1. The Morgan fingerprint density at radius 1 is 1.55 bits per heavy atom. The van der Waals surface area contributed by atoms with Gasteiger partial charge in [0.1, 0.15) is 0 Å². The minimum absolute atomic E-state index is 0.426. The molecule has 0 aliphatic rings. The number of hydrogen-bond donors (Lipinski definition) is 2. The van der Waals surface area contributed by atoms with Gasteiger partial charge in [0.15, 0.2) is 0 Å². The molecule has 0 radical (unpaired) electrons. The Morgan fingerprint density at radius 2 is 2.18 bits per heavy atom. The zero-order chi connectivity index (χ0) is 8.69. The molecule has 0 fully saturated rings. The van der Waals surface area contributed by atoms with Crippen LogP contribution in [0.15, 0.2) is 0 Å². The average Bonchev–Trinajstić information content (AvgIpc) is 1.86. The molecule has 0 saturated carbocycles. The first-order valence-electron chi connectivity index (χ1n) is 3.67. The molecule has 0 heterocycles. The highest BCUT2D eigenvalue weighted by atomic mass is 31.1. The van der Waals surface area contributed by atoms with E-state index in [0.29, 0.717) is 6.42 Å². The lowest BCUT2D eigenvalue weighted by Crippen LogP contribution is -2.06. The molecule has 0 rings (SSSR count). The van der Waals surface area contributed by atoms with Crippen molar-refractivity contribution in [1.29, 1.82) is 0 Å². The van der Waals surface area contributed by atoms with Crippen LogP contribution in [0, 0.1) is 0 Å². The first kappa shape index (κ1) is 11.0. The minimum Gasteiger partial charge on any atom is -0.364 e. The van der Waals surface area contributed by atoms with E-state index in [1.165, 1.54) is 0 Å². The molecule has 5 heteroatoms. The summed E-state index contributed by atoms with van der Waals surface area (Å²) in [6.07, 6.45) is 2.21. The van der Waals surface area contributed by atoms with Crippen LogP contribution in [0.1, 0.15) is 32.6 Å². The third-order valence-electron chi connectivity index (χ3n) is 1.27. The van der Waals surface area contributed by atoms with E-state index in [2.05, 4.69) is 4.52 Å². The van der Waals surface area contributed by atoms with Gasteiger partial charge in [-0.1, -0.05) is 24.3 Å². The van der Waals surface area contributed by atoms with Crippen LogP contribution in [0.3, 0.4) is 0 Å². The van der Waals surface area contributed by atoms with Crippen LogP contribution >= 0.6 is 8.25 Å². The smallest absolute Gasteiger partial charge is 0.364 e. The van der Waals surface area contributed by atoms with Crippen molar-refractivity contribution in [2.75, 3.05) is 0 Å². The lowest BCUT2D eigenvalue weighted by Gasteiger charge is -2.00. The topological polar surface area (TPSA) is 66.8 Å². The number of aliphatic hydroxyl groups excluding tert-OH is 1. The Hall–Kier alpha value is -0.0200. The normalized spacial score (nSPS) is 14.6. The van der Waals surface area contributed by atoms with Crippen molar-refractivity contribution in [2.24, 2.45) is 0 Å². The van der Waals surface area contributed by atoms with Gasteiger partial charge < -0.3 is 5.11 Å². The second-order valence-corrected chi connectivity index (χ2v) is 2.98. The van der Waals surface area contributed by atoms with Gasteiger partial charge in [-0.2, -0.15) is 0 Å². The molecule has 66 valence electrons. The van der Waals surface area contributed by atoms with E-state index in [4.69, 9.17) is 10.00 Å². The number of aliphatic hydroxyl groups is 1. The summed E-state index contributed by atoms with van der Waals surface area (Å²) >= 11 is 0. The van der Waals surface area contributed by atoms with Gasteiger partial charge >= 0.3 is 8.25 Å². The van der Waals surface area contributed by atoms with Crippen LogP contribution < -0.4 is 0 Å². The molecular weight excluding hydrogens is 167 g/mol. The number of hydrogen-bond acceptors (Lipinski definition) is 3. The number of unbranched alkanes of at least 4 members (excludes halogenated alkanes) is 2. The lowest BCUT2D eigenvalue weighted by molar-refractivity contribution is -0.0257. The molecule has 0 aliphatic carbocycles. The highest BCUT2D eigenvalue weighted by molar-refractivity contribution is 7.32. The molecule has 0 aromatic rings.